The zero-order chi connectivity index (χ0) is 14.5. The highest BCUT2D eigenvalue weighted by Gasteiger charge is 2.20. The van der Waals surface area contributed by atoms with Crippen LogP contribution >= 0.6 is 11.8 Å². The Kier molecular flexibility index (Phi) is 5.23. The summed E-state index contributed by atoms with van der Waals surface area (Å²) in [5.41, 5.74) is -0.314. The van der Waals surface area contributed by atoms with Gasteiger partial charge in [-0.05, 0) is 24.7 Å². The third-order valence-electron chi connectivity index (χ3n) is 3.67. The van der Waals surface area contributed by atoms with Gasteiger partial charge in [-0.3, -0.25) is 9.59 Å². The quantitative estimate of drug-likeness (QED) is 0.666. The van der Waals surface area contributed by atoms with Crippen molar-refractivity contribution in [1.82, 2.24) is 9.55 Å². The second-order valence-corrected chi connectivity index (χ2v) is 6.46. The minimum atomic E-state index is -0.897. The lowest BCUT2D eigenvalue weighted by Gasteiger charge is -2.27. The zero-order valence-corrected chi connectivity index (χ0v) is 12.4. The monoisotopic (exact) mass is 296 g/mol. The van der Waals surface area contributed by atoms with E-state index in [0.29, 0.717) is 11.1 Å². The van der Waals surface area contributed by atoms with Crippen molar-refractivity contribution < 1.29 is 9.90 Å². The number of carboxylic acid groups (broad SMARTS) is 1. The minimum absolute atomic E-state index is 0.0719. The van der Waals surface area contributed by atoms with E-state index in [-0.39, 0.29) is 11.3 Å². The summed E-state index contributed by atoms with van der Waals surface area (Å²) >= 11 is 1.11. The van der Waals surface area contributed by atoms with Gasteiger partial charge in [0.2, 0.25) is 0 Å². The topological polar surface area (TPSA) is 72.2 Å². The fourth-order valence-electron chi connectivity index (χ4n) is 2.80. The van der Waals surface area contributed by atoms with Gasteiger partial charge in [-0.1, -0.05) is 31.5 Å². The predicted molar refractivity (Wildman–Crippen MR) is 78.0 cm³/mol. The van der Waals surface area contributed by atoms with Crippen LogP contribution in [0.4, 0.5) is 0 Å². The molecule has 1 N–H and O–H groups in total. The molecule has 0 radical (unpaired) electrons. The molecule has 6 heteroatoms. The summed E-state index contributed by atoms with van der Waals surface area (Å²) in [7, 11) is 0. The molecular weight excluding hydrogens is 276 g/mol. The summed E-state index contributed by atoms with van der Waals surface area (Å²) < 4.78 is 1.93. The second kappa shape index (κ2) is 6.92. The molecule has 0 spiro atoms. The molecule has 1 fully saturated rings. The normalized spacial score (nSPS) is 22.6. The number of hydrogen-bond donors (Lipinski definition) is 1. The van der Waals surface area contributed by atoms with Crippen molar-refractivity contribution in [2.45, 2.75) is 44.3 Å². The SMILES string of the molecule is CC1CCCC(Cn2ccc(=O)nc2SCC(=O)O)C1. The van der Waals surface area contributed by atoms with Gasteiger partial charge >= 0.3 is 5.97 Å². The van der Waals surface area contributed by atoms with Gasteiger partial charge in [0.05, 0.1) is 5.75 Å². The van der Waals surface area contributed by atoms with E-state index < -0.39 is 5.97 Å². The maximum atomic E-state index is 11.3. The molecule has 0 aromatic carbocycles. The van der Waals surface area contributed by atoms with Crippen LogP contribution in [0.25, 0.3) is 0 Å². The van der Waals surface area contributed by atoms with Crippen LogP contribution in [0.2, 0.25) is 0 Å². The maximum absolute atomic E-state index is 11.3. The van der Waals surface area contributed by atoms with Gasteiger partial charge in [-0.15, -0.1) is 0 Å². The van der Waals surface area contributed by atoms with Gasteiger partial charge < -0.3 is 9.67 Å². The third-order valence-corrected chi connectivity index (χ3v) is 4.65. The number of rotatable bonds is 5. The number of aromatic nitrogens is 2. The van der Waals surface area contributed by atoms with Crippen molar-refractivity contribution in [3.8, 4) is 0 Å². The van der Waals surface area contributed by atoms with E-state index >= 15 is 0 Å². The molecule has 0 aliphatic heterocycles. The summed E-state index contributed by atoms with van der Waals surface area (Å²) in [6.45, 7) is 3.09. The van der Waals surface area contributed by atoms with E-state index in [2.05, 4.69) is 11.9 Å². The molecule has 5 nitrogen and oxygen atoms in total. The van der Waals surface area contributed by atoms with E-state index in [1.165, 1.54) is 31.7 Å². The minimum Gasteiger partial charge on any atom is -0.481 e. The highest BCUT2D eigenvalue weighted by Crippen LogP contribution is 2.30. The molecule has 1 aliphatic rings. The van der Waals surface area contributed by atoms with Crippen LogP contribution < -0.4 is 5.56 Å². The summed E-state index contributed by atoms with van der Waals surface area (Å²) in [4.78, 5) is 25.9. The molecule has 1 heterocycles. The lowest BCUT2D eigenvalue weighted by molar-refractivity contribution is -0.133. The highest BCUT2D eigenvalue weighted by molar-refractivity contribution is 7.99. The van der Waals surface area contributed by atoms with Gasteiger partial charge in [0.1, 0.15) is 0 Å². The molecule has 2 atom stereocenters. The third kappa shape index (κ3) is 4.37. The Morgan fingerprint density at radius 2 is 2.35 bits per heavy atom. The summed E-state index contributed by atoms with van der Waals surface area (Å²) in [6.07, 6.45) is 6.66. The number of carboxylic acids is 1. The highest BCUT2D eigenvalue weighted by atomic mass is 32.2. The predicted octanol–water partition coefficient (Wildman–Crippen LogP) is 2.25. The standard InChI is InChI=1S/C14H20N2O3S/c1-10-3-2-4-11(7-10)8-16-6-5-12(17)15-14(16)20-9-13(18)19/h5-6,10-11H,2-4,7-9H2,1H3,(H,18,19). The Morgan fingerprint density at radius 3 is 3.05 bits per heavy atom. The molecule has 2 unspecified atom stereocenters. The van der Waals surface area contributed by atoms with Gasteiger partial charge in [0.15, 0.2) is 5.16 Å². The molecule has 2 rings (SSSR count). The Morgan fingerprint density at radius 1 is 1.55 bits per heavy atom. The zero-order valence-electron chi connectivity index (χ0n) is 11.6. The van der Waals surface area contributed by atoms with Crippen LogP contribution in [0.1, 0.15) is 32.6 Å². The fraction of sp³-hybridized carbons (Fsp3) is 0.643. The Bertz CT molecular complexity index is 529. The molecule has 1 aromatic rings. The van der Waals surface area contributed by atoms with E-state index in [9.17, 15) is 9.59 Å². The molecule has 1 aliphatic carbocycles. The van der Waals surface area contributed by atoms with Crippen molar-refractivity contribution >= 4 is 17.7 Å². The molecule has 110 valence electrons. The molecule has 1 saturated carbocycles. The van der Waals surface area contributed by atoms with Crippen LogP contribution in [0.5, 0.6) is 0 Å². The van der Waals surface area contributed by atoms with E-state index in [4.69, 9.17) is 5.11 Å². The number of thioether (sulfide) groups is 1. The first-order chi connectivity index (χ1) is 9.54. The average molecular weight is 296 g/mol. The smallest absolute Gasteiger partial charge is 0.313 e. The van der Waals surface area contributed by atoms with Crippen molar-refractivity contribution in [2.24, 2.45) is 11.8 Å². The summed E-state index contributed by atoms with van der Waals surface area (Å²) in [5, 5.41) is 9.27. The largest absolute Gasteiger partial charge is 0.481 e. The Balaban J connectivity index is 2.09. The first kappa shape index (κ1) is 15.1. The van der Waals surface area contributed by atoms with Crippen LogP contribution in [-0.4, -0.2) is 26.4 Å². The van der Waals surface area contributed by atoms with Gasteiger partial charge in [0, 0.05) is 18.8 Å². The van der Waals surface area contributed by atoms with E-state index in [0.717, 1.165) is 24.2 Å². The van der Waals surface area contributed by atoms with Gasteiger partial charge in [-0.2, -0.15) is 4.98 Å². The average Bonchev–Trinajstić information content (AvgIpc) is 2.39. The van der Waals surface area contributed by atoms with Crippen LogP contribution in [-0.2, 0) is 11.3 Å². The number of carbonyl (C=O) groups is 1. The molecule has 20 heavy (non-hydrogen) atoms. The second-order valence-electron chi connectivity index (χ2n) is 5.52. The van der Waals surface area contributed by atoms with Crippen molar-refractivity contribution in [2.75, 3.05) is 5.75 Å². The van der Waals surface area contributed by atoms with Crippen LogP contribution in [0.3, 0.4) is 0 Å². The first-order valence-electron chi connectivity index (χ1n) is 6.96. The van der Waals surface area contributed by atoms with Crippen molar-refractivity contribution in [1.29, 1.82) is 0 Å². The lowest BCUT2D eigenvalue weighted by Crippen LogP contribution is -2.22. The molecule has 0 saturated heterocycles. The van der Waals surface area contributed by atoms with Gasteiger partial charge in [0.25, 0.3) is 5.56 Å². The first-order valence-corrected chi connectivity index (χ1v) is 7.95. The molecular formula is C14H20N2O3S. The lowest BCUT2D eigenvalue weighted by atomic mass is 9.82. The Hall–Kier alpha value is -1.30. The van der Waals surface area contributed by atoms with Crippen LogP contribution in [0.15, 0.2) is 22.2 Å². The van der Waals surface area contributed by atoms with E-state index in [1.54, 1.807) is 6.20 Å². The van der Waals surface area contributed by atoms with E-state index in [1.807, 2.05) is 4.57 Å². The molecule has 0 bridgehead atoms. The van der Waals surface area contributed by atoms with Crippen molar-refractivity contribution in [3.63, 3.8) is 0 Å². The fourth-order valence-corrected chi connectivity index (χ4v) is 3.51. The number of aliphatic carboxylic acids is 1. The summed E-state index contributed by atoms with van der Waals surface area (Å²) in [6, 6.07) is 1.44. The molecule has 0 amide bonds. The number of nitrogens with zero attached hydrogens (tertiary/aromatic N) is 2. The van der Waals surface area contributed by atoms with Gasteiger partial charge in [-0.25, -0.2) is 0 Å². The van der Waals surface area contributed by atoms with Crippen molar-refractivity contribution in [3.05, 3.63) is 22.6 Å². The maximum Gasteiger partial charge on any atom is 0.313 e. The molecule has 1 aromatic heterocycles. The number of hydrogen-bond acceptors (Lipinski definition) is 4. The Labute approximate surface area is 122 Å². The van der Waals surface area contributed by atoms with Crippen LogP contribution in [0, 0.1) is 11.8 Å². The summed E-state index contributed by atoms with van der Waals surface area (Å²) in [5.74, 6) is 0.367.